The van der Waals surface area contributed by atoms with E-state index in [0.717, 1.165) is 4.47 Å². The average Bonchev–Trinajstić information content (AvgIpc) is 2.28. The summed E-state index contributed by atoms with van der Waals surface area (Å²) >= 11 is 9.16. The molecule has 84 valence electrons. The molecule has 0 heterocycles. The molecule has 0 bridgehead atoms. The van der Waals surface area contributed by atoms with Gasteiger partial charge >= 0.3 is 0 Å². The Labute approximate surface area is 109 Å². The Morgan fingerprint density at radius 3 is 2.94 bits per heavy atom. The largest absolute Gasteiger partial charge is 0.351 e. The number of rotatable bonds is 3. The van der Waals surface area contributed by atoms with Gasteiger partial charge in [-0.3, -0.25) is 4.79 Å². The fourth-order valence-electron chi connectivity index (χ4n) is 1.10. The highest BCUT2D eigenvalue weighted by Gasteiger charge is 2.06. The van der Waals surface area contributed by atoms with Crippen molar-refractivity contribution in [2.45, 2.75) is 13.3 Å². The lowest BCUT2D eigenvalue weighted by atomic mass is 10.2. The van der Waals surface area contributed by atoms with Crippen molar-refractivity contribution in [2.75, 3.05) is 6.54 Å². The van der Waals surface area contributed by atoms with Crippen LogP contribution in [0.2, 0.25) is 5.02 Å². The first-order valence-corrected chi connectivity index (χ1v) is 5.95. The minimum absolute atomic E-state index is 0.132. The molecule has 0 atom stereocenters. The summed E-state index contributed by atoms with van der Waals surface area (Å²) in [5.41, 5.74) is 0.553. The highest BCUT2D eigenvalue weighted by Crippen LogP contribution is 2.22. The van der Waals surface area contributed by atoms with Gasteiger partial charge in [-0.25, -0.2) is 0 Å². The van der Waals surface area contributed by atoms with Crippen LogP contribution >= 0.6 is 27.5 Å². The lowest BCUT2D eigenvalue weighted by molar-refractivity contribution is 0.0954. The third kappa shape index (κ3) is 3.88. The van der Waals surface area contributed by atoms with Gasteiger partial charge in [0.25, 0.3) is 5.91 Å². The van der Waals surface area contributed by atoms with Crippen molar-refractivity contribution in [3.05, 3.63) is 33.3 Å². The standard InChI is InChI=1S/C12H11BrClNO/c1-2-3-4-7-15-12(16)9-5-6-10(13)11(14)8-9/h5-6,8H,4,7H2,1H3,(H,15,16). The Balaban J connectivity index is 2.58. The number of amides is 1. The number of hydrogen-bond donors (Lipinski definition) is 1. The van der Waals surface area contributed by atoms with Gasteiger partial charge in [-0.2, -0.15) is 0 Å². The minimum Gasteiger partial charge on any atom is -0.351 e. The van der Waals surface area contributed by atoms with Crippen molar-refractivity contribution in [1.82, 2.24) is 5.32 Å². The van der Waals surface area contributed by atoms with Crippen molar-refractivity contribution in [3.63, 3.8) is 0 Å². The molecule has 1 N–H and O–H groups in total. The zero-order valence-corrected chi connectivity index (χ0v) is 11.2. The van der Waals surface area contributed by atoms with Crippen LogP contribution in [0.25, 0.3) is 0 Å². The van der Waals surface area contributed by atoms with Gasteiger partial charge in [-0.1, -0.05) is 11.6 Å². The monoisotopic (exact) mass is 299 g/mol. The van der Waals surface area contributed by atoms with E-state index < -0.39 is 0 Å². The van der Waals surface area contributed by atoms with Gasteiger partial charge in [0.05, 0.1) is 5.02 Å². The Morgan fingerprint density at radius 2 is 2.31 bits per heavy atom. The smallest absolute Gasteiger partial charge is 0.251 e. The molecule has 4 heteroatoms. The van der Waals surface area contributed by atoms with E-state index in [2.05, 4.69) is 33.1 Å². The van der Waals surface area contributed by atoms with Crippen LogP contribution in [0, 0.1) is 11.8 Å². The van der Waals surface area contributed by atoms with E-state index in [4.69, 9.17) is 11.6 Å². The van der Waals surface area contributed by atoms with E-state index in [-0.39, 0.29) is 5.91 Å². The minimum atomic E-state index is -0.132. The van der Waals surface area contributed by atoms with E-state index >= 15 is 0 Å². The van der Waals surface area contributed by atoms with Crippen LogP contribution in [-0.4, -0.2) is 12.5 Å². The van der Waals surface area contributed by atoms with Crippen LogP contribution in [0.4, 0.5) is 0 Å². The summed E-state index contributed by atoms with van der Waals surface area (Å²) in [6.45, 7) is 2.32. The summed E-state index contributed by atoms with van der Waals surface area (Å²) in [6.07, 6.45) is 0.659. The van der Waals surface area contributed by atoms with Crippen LogP contribution in [0.1, 0.15) is 23.7 Å². The number of nitrogens with one attached hydrogen (secondary N) is 1. The second-order valence-electron chi connectivity index (χ2n) is 3.06. The zero-order chi connectivity index (χ0) is 12.0. The van der Waals surface area contributed by atoms with Crippen LogP contribution in [0.3, 0.4) is 0 Å². The molecule has 2 nitrogen and oxygen atoms in total. The summed E-state index contributed by atoms with van der Waals surface area (Å²) in [4.78, 5) is 11.6. The summed E-state index contributed by atoms with van der Waals surface area (Å²) in [5.74, 6) is 5.51. The lowest BCUT2D eigenvalue weighted by Gasteiger charge is -2.04. The summed E-state index contributed by atoms with van der Waals surface area (Å²) in [5, 5.41) is 3.29. The molecule has 0 spiro atoms. The molecule has 1 aromatic rings. The van der Waals surface area contributed by atoms with Crippen molar-refractivity contribution >= 4 is 33.4 Å². The third-order valence-corrected chi connectivity index (χ3v) is 3.13. The SMILES string of the molecule is CC#CCCNC(=O)c1ccc(Br)c(Cl)c1. The first-order valence-electron chi connectivity index (χ1n) is 4.78. The van der Waals surface area contributed by atoms with Crippen LogP contribution in [0.5, 0.6) is 0 Å². The molecule has 0 aromatic heterocycles. The van der Waals surface area contributed by atoms with Gasteiger partial charge in [0.1, 0.15) is 0 Å². The molecule has 0 saturated carbocycles. The Morgan fingerprint density at radius 1 is 1.56 bits per heavy atom. The maximum atomic E-state index is 11.6. The predicted molar refractivity (Wildman–Crippen MR) is 69.6 cm³/mol. The molecule has 0 unspecified atom stereocenters. The third-order valence-electron chi connectivity index (χ3n) is 1.89. The van der Waals surface area contributed by atoms with Crippen LogP contribution in [-0.2, 0) is 0 Å². The molecule has 0 aliphatic heterocycles. The number of halogens is 2. The summed E-state index contributed by atoms with van der Waals surface area (Å²) in [7, 11) is 0. The first-order chi connectivity index (χ1) is 7.65. The molecular weight excluding hydrogens is 289 g/mol. The number of benzene rings is 1. The van der Waals surface area contributed by atoms with Gasteiger partial charge in [0, 0.05) is 23.0 Å². The number of hydrogen-bond acceptors (Lipinski definition) is 1. The molecule has 16 heavy (non-hydrogen) atoms. The summed E-state index contributed by atoms with van der Waals surface area (Å²) in [6, 6.07) is 5.10. The van der Waals surface area contributed by atoms with E-state index in [1.54, 1.807) is 25.1 Å². The molecule has 0 radical (unpaired) electrons. The van der Waals surface area contributed by atoms with Crippen LogP contribution in [0.15, 0.2) is 22.7 Å². The summed E-state index contributed by atoms with van der Waals surface area (Å²) < 4.78 is 0.780. The van der Waals surface area contributed by atoms with Gasteiger partial charge in [-0.15, -0.1) is 11.8 Å². The van der Waals surface area contributed by atoms with Crippen LogP contribution < -0.4 is 5.32 Å². The molecule has 1 rings (SSSR count). The molecule has 1 amide bonds. The lowest BCUT2D eigenvalue weighted by Crippen LogP contribution is -2.24. The highest BCUT2D eigenvalue weighted by atomic mass is 79.9. The number of carbonyl (C=O) groups is 1. The highest BCUT2D eigenvalue weighted by molar-refractivity contribution is 9.10. The van der Waals surface area contributed by atoms with Gasteiger partial charge < -0.3 is 5.32 Å². The molecular formula is C12H11BrClNO. The number of carbonyl (C=O) groups excluding carboxylic acids is 1. The molecule has 0 aliphatic rings. The van der Waals surface area contributed by atoms with E-state index in [9.17, 15) is 4.79 Å². The van der Waals surface area contributed by atoms with Crippen molar-refractivity contribution in [2.24, 2.45) is 0 Å². The Bertz CT molecular complexity index is 448. The van der Waals surface area contributed by atoms with Crippen molar-refractivity contribution in [3.8, 4) is 11.8 Å². The average molecular weight is 301 g/mol. The molecule has 0 aliphatic carbocycles. The topological polar surface area (TPSA) is 29.1 Å². The Hall–Kier alpha value is -0.980. The maximum absolute atomic E-state index is 11.6. The molecule has 0 fully saturated rings. The first kappa shape index (κ1) is 13.1. The fourth-order valence-corrected chi connectivity index (χ4v) is 1.53. The van der Waals surface area contributed by atoms with E-state index in [1.807, 2.05) is 0 Å². The van der Waals surface area contributed by atoms with Crippen molar-refractivity contribution < 1.29 is 4.79 Å². The van der Waals surface area contributed by atoms with Gasteiger partial charge in [0.15, 0.2) is 0 Å². The van der Waals surface area contributed by atoms with Crippen molar-refractivity contribution in [1.29, 1.82) is 0 Å². The second-order valence-corrected chi connectivity index (χ2v) is 4.32. The predicted octanol–water partition coefficient (Wildman–Crippen LogP) is 3.25. The Kier molecular flexibility index (Phi) is 5.37. The van der Waals surface area contributed by atoms with E-state index in [0.29, 0.717) is 23.6 Å². The van der Waals surface area contributed by atoms with E-state index in [1.165, 1.54) is 0 Å². The van der Waals surface area contributed by atoms with Gasteiger partial charge in [-0.05, 0) is 41.1 Å². The maximum Gasteiger partial charge on any atom is 0.251 e. The molecule has 1 aromatic carbocycles. The normalized spacial score (nSPS) is 9.19. The fraction of sp³-hybridized carbons (Fsp3) is 0.250. The quantitative estimate of drug-likeness (QED) is 0.674. The van der Waals surface area contributed by atoms with Gasteiger partial charge in [0.2, 0.25) is 0 Å². The molecule has 0 saturated heterocycles. The second kappa shape index (κ2) is 6.57. The zero-order valence-electron chi connectivity index (χ0n) is 8.81.